The third-order valence-electron chi connectivity index (χ3n) is 2.34. The first-order chi connectivity index (χ1) is 9.08. The van der Waals surface area contributed by atoms with E-state index in [0.29, 0.717) is 5.56 Å². The maximum absolute atomic E-state index is 11.8. The molecule has 0 amide bonds. The van der Waals surface area contributed by atoms with Crippen molar-refractivity contribution in [1.82, 2.24) is 0 Å². The molecule has 0 N–H and O–H groups in total. The van der Waals surface area contributed by atoms with Crippen molar-refractivity contribution >= 4 is 27.6 Å². The summed E-state index contributed by atoms with van der Waals surface area (Å²) in [4.78, 5) is 22.0. The first kappa shape index (κ1) is 13.2. The number of esters is 1. The van der Waals surface area contributed by atoms with Gasteiger partial charge in [0.1, 0.15) is 0 Å². The van der Waals surface area contributed by atoms with Gasteiger partial charge < -0.3 is 4.74 Å². The Morgan fingerprint density at radius 1 is 1.11 bits per heavy atom. The number of halogens is 1. The fraction of sp³-hybridized carbons (Fsp3) is 0. The van der Waals surface area contributed by atoms with E-state index in [1.54, 1.807) is 30.3 Å². The van der Waals surface area contributed by atoms with Crippen molar-refractivity contribution in [1.29, 1.82) is 0 Å². The number of ether oxygens (including phenoxy) is 1. The van der Waals surface area contributed by atoms with Crippen LogP contribution in [-0.2, 0) is 0 Å². The van der Waals surface area contributed by atoms with Crippen molar-refractivity contribution in [3.05, 3.63) is 68.7 Å². The molecule has 0 aromatic heterocycles. The van der Waals surface area contributed by atoms with Gasteiger partial charge in [-0.2, -0.15) is 0 Å². The van der Waals surface area contributed by atoms with E-state index in [2.05, 4.69) is 15.9 Å². The number of carbonyl (C=O) groups is 1. The van der Waals surface area contributed by atoms with E-state index in [1.165, 1.54) is 18.2 Å². The molecule has 0 bridgehead atoms. The molecular formula is C13H8BrNO4. The van der Waals surface area contributed by atoms with Gasteiger partial charge in [0, 0.05) is 10.5 Å². The van der Waals surface area contributed by atoms with Crippen molar-refractivity contribution in [3.63, 3.8) is 0 Å². The SMILES string of the molecule is O=C(Oc1ccccc1[N+](=O)[O-])c1ccc(Br)cc1. The van der Waals surface area contributed by atoms with Crippen LogP contribution in [0.3, 0.4) is 0 Å². The van der Waals surface area contributed by atoms with Crippen molar-refractivity contribution in [3.8, 4) is 5.75 Å². The summed E-state index contributed by atoms with van der Waals surface area (Å²) >= 11 is 3.25. The number of rotatable bonds is 3. The zero-order chi connectivity index (χ0) is 13.8. The summed E-state index contributed by atoms with van der Waals surface area (Å²) in [5.41, 5.74) is 0.0781. The molecule has 0 heterocycles. The first-order valence-corrected chi connectivity index (χ1v) is 6.08. The Kier molecular flexibility index (Phi) is 3.91. The predicted molar refractivity (Wildman–Crippen MR) is 72.2 cm³/mol. The minimum absolute atomic E-state index is 0.0691. The number of benzene rings is 2. The Bertz CT molecular complexity index is 625. The Balaban J connectivity index is 2.24. The molecule has 0 saturated heterocycles. The molecule has 0 atom stereocenters. The van der Waals surface area contributed by atoms with Gasteiger partial charge in [-0.15, -0.1) is 0 Å². The summed E-state index contributed by atoms with van der Waals surface area (Å²) in [5.74, 6) is -0.706. The average molecular weight is 322 g/mol. The van der Waals surface area contributed by atoms with Crippen LogP contribution in [-0.4, -0.2) is 10.9 Å². The van der Waals surface area contributed by atoms with Crippen LogP contribution in [0, 0.1) is 10.1 Å². The second kappa shape index (κ2) is 5.62. The highest BCUT2D eigenvalue weighted by atomic mass is 79.9. The molecule has 6 heteroatoms. The Labute approximate surface area is 117 Å². The minimum atomic E-state index is -0.637. The lowest BCUT2D eigenvalue weighted by molar-refractivity contribution is -0.385. The highest BCUT2D eigenvalue weighted by molar-refractivity contribution is 9.10. The molecule has 0 spiro atoms. The molecule has 0 radical (unpaired) electrons. The molecule has 19 heavy (non-hydrogen) atoms. The zero-order valence-corrected chi connectivity index (χ0v) is 11.2. The Morgan fingerprint density at radius 2 is 1.74 bits per heavy atom. The summed E-state index contributed by atoms with van der Waals surface area (Å²) in [7, 11) is 0. The first-order valence-electron chi connectivity index (χ1n) is 5.29. The van der Waals surface area contributed by atoms with Crippen molar-refractivity contribution in [2.75, 3.05) is 0 Å². The molecule has 2 aromatic rings. The van der Waals surface area contributed by atoms with E-state index in [0.717, 1.165) is 4.47 Å². The smallest absolute Gasteiger partial charge is 0.343 e. The molecule has 0 unspecified atom stereocenters. The van der Waals surface area contributed by atoms with Crippen LogP contribution in [0.4, 0.5) is 5.69 Å². The van der Waals surface area contributed by atoms with Gasteiger partial charge in [-0.1, -0.05) is 28.1 Å². The van der Waals surface area contributed by atoms with Gasteiger partial charge in [-0.05, 0) is 30.3 Å². The van der Waals surface area contributed by atoms with E-state index in [9.17, 15) is 14.9 Å². The van der Waals surface area contributed by atoms with Gasteiger partial charge in [0.2, 0.25) is 5.75 Å². The maximum Gasteiger partial charge on any atom is 0.343 e. The van der Waals surface area contributed by atoms with Gasteiger partial charge in [-0.25, -0.2) is 4.79 Å². The molecule has 2 rings (SSSR count). The highest BCUT2D eigenvalue weighted by Crippen LogP contribution is 2.26. The minimum Gasteiger partial charge on any atom is -0.416 e. The number of nitrogens with zero attached hydrogens (tertiary/aromatic N) is 1. The fourth-order valence-electron chi connectivity index (χ4n) is 1.44. The molecule has 0 aliphatic heterocycles. The monoisotopic (exact) mass is 321 g/mol. The van der Waals surface area contributed by atoms with Gasteiger partial charge in [-0.3, -0.25) is 10.1 Å². The van der Waals surface area contributed by atoms with Crippen molar-refractivity contribution in [2.24, 2.45) is 0 Å². The number of hydrogen-bond acceptors (Lipinski definition) is 4. The maximum atomic E-state index is 11.8. The zero-order valence-electron chi connectivity index (χ0n) is 9.58. The van der Waals surface area contributed by atoms with Gasteiger partial charge in [0.05, 0.1) is 10.5 Å². The molecule has 5 nitrogen and oxygen atoms in total. The van der Waals surface area contributed by atoms with Crippen LogP contribution in [0.2, 0.25) is 0 Å². The topological polar surface area (TPSA) is 69.4 Å². The van der Waals surface area contributed by atoms with Crippen LogP contribution < -0.4 is 4.74 Å². The van der Waals surface area contributed by atoms with Gasteiger partial charge >= 0.3 is 11.7 Å². The third-order valence-corrected chi connectivity index (χ3v) is 2.87. The second-order valence-corrected chi connectivity index (χ2v) is 4.54. The average Bonchev–Trinajstić information content (AvgIpc) is 2.39. The molecule has 0 saturated carbocycles. The van der Waals surface area contributed by atoms with Crippen molar-refractivity contribution in [2.45, 2.75) is 0 Å². The van der Waals surface area contributed by atoms with Crippen LogP contribution in [0.15, 0.2) is 53.0 Å². The summed E-state index contributed by atoms with van der Waals surface area (Å²) in [6.45, 7) is 0. The highest BCUT2D eigenvalue weighted by Gasteiger charge is 2.17. The molecule has 2 aromatic carbocycles. The van der Waals surface area contributed by atoms with E-state index in [-0.39, 0.29) is 11.4 Å². The van der Waals surface area contributed by atoms with Crippen LogP contribution >= 0.6 is 15.9 Å². The third kappa shape index (κ3) is 3.17. The molecular weight excluding hydrogens is 314 g/mol. The summed E-state index contributed by atoms with van der Waals surface area (Å²) in [5, 5.41) is 10.8. The number of hydrogen-bond donors (Lipinski definition) is 0. The lowest BCUT2D eigenvalue weighted by Gasteiger charge is -2.04. The van der Waals surface area contributed by atoms with E-state index in [1.807, 2.05) is 0 Å². The fourth-order valence-corrected chi connectivity index (χ4v) is 1.70. The summed E-state index contributed by atoms with van der Waals surface area (Å²) < 4.78 is 5.87. The van der Waals surface area contributed by atoms with E-state index in [4.69, 9.17) is 4.74 Å². The van der Waals surface area contributed by atoms with E-state index < -0.39 is 10.9 Å². The predicted octanol–water partition coefficient (Wildman–Crippen LogP) is 3.58. The number of nitro benzene ring substituents is 1. The Hall–Kier alpha value is -2.21. The lowest BCUT2D eigenvalue weighted by Crippen LogP contribution is -2.09. The molecule has 96 valence electrons. The van der Waals surface area contributed by atoms with Crippen LogP contribution in [0.25, 0.3) is 0 Å². The number of carbonyl (C=O) groups excluding carboxylic acids is 1. The van der Waals surface area contributed by atoms with Gasteiger partial charge in [0.25, 0.3) is 0 Å². The Morgan fingerprint density at radius 3 is 2.37 bits per heavy atom. The van der Waals surface area contributed by atoms with E-state index >= 15 is 0 Å². The molecule has 0 aliphatic carbocycles. The number of nitro groups is 1. The quantitative estimate of drug-likeness (QED) is 0.375. The largest absolute Gasteiger partial charge is 0.416 e. The summed E-state index contributed by atoms with van der Waals surface area (Å²) in [6.07, 6.45) is 0. The molecule has 0 fully saturated rings. The second-order valence-electron chi connectivity index (χ2n) is 3.62. The van der Waals surface area contributed by atoms with Gasteiger partial charge in [0.15, 0.2) is 0 Å². The van der Waals surface area contributed by atoms with Crippen molar-refractivity contribution < 1.29 is 14.5 Å². The summed E-state index contributed by atoms with van der Waals surface area (Å²) in [6, 6.07) is 12.3. The lowest BCUT2D eigenvalue weighted by atomic mass is 10.2. The number of para-hydroxylation sites is 2. The standard InChI is InChI=1S/C13H8BrNO4/c14-10-7-5-9(6-8-10)13(16)19-12-4-2-1-3-11(12)15(17)18/h1-8H. The molecule has 0 aliphatic rings. The van der Waals surface area contributed by atoms with Crippen LogP contribution in [0.5, 0.6) is 5.75 Å². The normalized spacial score (nSPS) is 9.95. The van der Waals surface area contributed by atoms with Crippen LogP contribution in [0.1, 0.15) is 10.4 Å².